The summed E-state index contributed by atoms with van der Waals surface area (Å²) in [6.45, 7) is 3.29. The number of nitro benzene ring substituents is 1. The molecule has 0 saturated carbocycles. The van der Waals surface area contributed by atoms with Crippen molar-refractivity contribution in [2.75, 3.05) is 46.0 Å². The Morgan fingerprint density at radius 1 is 0.973 bits per heavy atom. The van der Waals surface area contributed by atoms with Crippen LogP contribution < -0.4 is 10.6 Å². The molecular weight excluding hydrogens is 494 g/mol. The summed E-state index contributed by atoms with van der Waals surface area (Å²) in [5.41, 5.74) is 1.71. The lowest BCUT2D eigenvalue weighted by Crippen LogP contribution is -2.53. The average Bonchev–Trinajstić information content (AvgIpc) is 2.86. The molecular formula is C26H35N5O5S. The van der Waals surface area contributed by atoms with Crippen molar-refractivity contribution in [3.05, 3.63) is 75.8 Å². The number of amides is 3. The first-order valence-corrected chi connectivity index (χ1v) is 13.0. The van der Waals surface area contributed by atoms with E-state index in [9.17, 15) is 24.5 Å². The largest absolute Gasteiger partial charge is 0.353 e. The smallest absolute Gasteiger partial charge is 0.318 e. The summed E-state index contributed by atoms with van der Waals surface area (Å²) in [7, 11) is 3.79. The number of non-ortho nitro benzene ring substituents is 1. The Morgan fingerprint density at radius 3 is 2.24 bits per heavy atom. The fourth-order valence-electron chi connectivity index (χ4n) is 3.49. The third-order valence-corrected chi connectivity index (χ3v) is 6.32. The van der Waals surface area contributed by atoms with E-state index >= 15 is 0 Å². The number of likely N-dealkylation sites (N-methyl/N-ethyl adjacent to an activating group) is 1. The molecule has 0 bridgehead atoms. The zero-order valence-electron chi connectivity index (χ0n) is 21.5. The van der Waals surface area contributed by atoms with Gasteiger partial charge >= 0.3 is 6.03 Å². The Morgan fingerprint density at radius 2 is 1.65 bits per heavy atom. The summed E-state index contributed by atoms with van der Waals surface area (Å²) in [5, 5.41) is 16.7. The molecule has 0 unspecified atom stereocenters. The Bertz CT molecular complexity index is 1030. The van der Waals surface area contributed by atoms with Crippen LogP contribution in [0.4, 0.5) is 10.5 Å². The number of rotatable bonds is 14. The van der Waals surface area contributed by atoms with Gasteiger partial charge in [-0.25, -0.2) is 4.79 Å². The highest BCUT2D eigenvalue weighted by molar-refractivity contribution is 8.13. The minimum absolute atomic E-state index is 0.0280. The number of nitrogens with one attached hydrogen (secondary N) is 2. The van der Waals surface area contributed by atoms with E-state index < -0.39 is 17.0 Å². The SMILES string of the molecule is CC(=O)SCCN(CCc1ccccc1)C(=O)N[C@@H](Cc1ccc([N+](=O)[O-])cc1)C(=O)NCCN(C)C. The van der Waals surface area contributed by atoms with Crippen molar-refractivity contribution in [3.8, 4) is 0 Å². The maximum atomic E-state index is 13.3. The van der Waals surface area contributed by atoms with E-state index in [0.717, 1.165) is 17.3 Å². The van der Waals surface area contributed by atoms with E-state index in [2.05, 4.69) is 10.6 Å². The van der Waals surface area contributed by atoms with Crippen molar-refractivity contribution in [2.45, 2.75) is 25.8 Å². The lowest BCUT2D eigenvalue weighted by molar-refractivity contribution is -0.384. The molecule has 2 aromatic carbocycles. The second-order valence-corrected chi connectivity index (χ2v) is 10.1. The summed E-state index contributed by atoms with van der Waals surface area (Å²) in [4.78, 5) is 51.8. The van der Waals surface area contributed by atoms with E-state index in [1.165, 1.54) is 19.1 Å². The molecule has 3 amide bonds. The maximum absolute atomic E-state index is 13.3. The van der Waals surface area contributed by atoms with Crippen LogP contribution in [-0.2, 0) is 22.4 Å². The molecule has 0 aromatic heterocycles. The third kappa shape index (κ3) is 11.4. The quantitative estimate of drug-likeness (QED) is 0.285. The number of benzene rings is 2. The third-order valence-electron chi connectivity index (χ3n) is 5.53. The fourth-order valence-corrected chi connectivity index (χ4v) is 4.09. The molecule has 0 radical (unpaired) electrons. The standard InChI is InChI=1S/C26H35N5O5S/c1-20(32)37-18-17-30(15-13-21-7-5-4-6-8-21)26(34)28-24(25(33)27-14-16-29(2)3)19-22-9-11-23(12-10-22)31(35)36/h4-12,24H,13-19H2,1-3H3,(H,27,33)(H,28,34)/t24-/m0/s1. The fraction of sp³-hybridized carbons (Fsp3) is 0.423. The van der Waals surface area contributed by atoms with Gasteiger partial charge in [-0.3, -0.25) is 19.7 Å². The molecule has 0 spiro atoms. The number of carbonyl (C=O) groups is 3. The summed E-state index contributed by atoms with van der Waals surface area (Å²) in [5.74, 6) is 0.106. The summed E-state index contributed by atoms with van der Waals surface area (Å²) >= 11 is 1.14. The van der Waals surface area contributed by atoms with Crippen LogP contribution in [0.15, 0.2) is 54.6 Å². The molecule has 0 saturated heterocycles. The minimum Gasteiger partial charge on any atom is -0.353 e. The lowest BCUT2D eigenvalue weighted by Gasteiger charge is -2.26. The minimum atomic E-state index is -0.879. The van der Waals surface area contributed by atoms with Crippen LogP contribution in [0.5, 0.6) is 0 Å². The molecule has 2 N–H and O–H groups in total. The van der Waals surface area contributed by atoms with Gasteiger partial charge in [0, 0.05) is 57.4 Å². The number of nitrogens with zero attached hydrogens (tertiary/aromatic N) is 3. The van der Waals surface area contributed by atoms with Crippen LogP contribution in [0, 0.1) is 10.1 Å². The molecule has 0 aliphatic carbocycles. The first-order valence-electron chi connectivity index (χ1n) is 12.0. The molecule has 0 heterocycles. The monoisotopic (exact) mass is 529 g/mol. The van der Waals surface area contributed by atoms with Crippen LogP contribution in [0.1, 0.15) is 18.1 Å². The molecule has 0 fully saturated rings. The second-order valence-electron chi connectivity index (χ2n) is 8.79. The molecule has 200 valence electrons. The molecule has 2 aromatic rings. The summed E-state index contributed by atoms with van der Waals surface area (Å²) in [6, 6.07) is 14.4. The molecule has 0 aliphatic rings. The van der Waals surface area contributed by atoms with Gasteiger partial charge in [-0.05, 0) is 31.6 Å². The predicted molar refractivity (Wildman–Crippen MR) is 146 cm³/mol. The van der Waals surface area contributed by atoms with E-state index in [0.29, 0.717) is 43.9 Å². The van der Waals surface area contributed by atoms with Gasteiger partial charge in [-0.2, -0.15) is 0 Å². The zero-order valence-corrected chi connectivity index (χ0v) is 22.3. The molecule has 1 atom stereocenters. The molecule has 2 rings (SSSR count). The topological polar surface area (TPSA) is 125 Å². The Kier molecular flexibility index (Phi) is 12.6. The van der Waals surface area contributed by atoms with E-state index in [4.69, 9.17) is 0 Å². The first-order chi connectivity index (χ1) is 17.7. The highest BCUT2D eigenvalue weighted by Gasteiger charge is 2.24. The van der Waals surface area contributed by atoms with Gasteiger partial charge < -0.3 is 20.4 Å². The summed E-state index contributed by atoms with van der Waals surface area (Å²) in [6.07, 6.45) is 0.799. The Labute approximate surface area is 221 Å². The van der Waals surface area contributed by atoms with Crippen molar-refractivity contribution in [3.63, 3.8) is 0 Å². The second kappa shape index (κ2) is 15.6. The molecule has 0 aliphatic heterocycles. The van der Waals surface area contributed by atoms with Gasteiger partial charge in [-0.1, -0.05) is 54.2 Å². The zero-order chi connectivity index (χ0) is 27.2. The van der Waals surface area contributed by atoms with Crippen LogP contribution in [0.25, 0.3) is 0 Å². The van der Waals surface area contributed by atoms with Crippen molar-refractivity contribution in [1.82, 2.24) is 20.4 Å². The van der Waals surface area contributed by atoms with Crippen LogP contribution in [-0.4, -0.2) is 83.8 Å². The van der Waals surface area contributed by atoms with Gasteiger partial charge in [0.05, 0.1) is 4.92 Å². The van der Waals surface area contributed by atoms with Gasteiger partial charge in [0.25, 0.3) is 5.69 Å². The van der Waals surface area contributed by atoms with Gasteiger partial charge in [0.15, 0.2) is 5.12 Å². The number of hydrogen-bond donors (Lipinski definition) is 2. The molecule has 37 heavy (non-hydrogen) atoms. The number of nitro groups is 1. The average molecular weight is 530 g/mol. The Balaban J connectivity index is 2.15. The number of thioether (sulfide) groups is 1. The molecule has 11 heteroatoms. The van der Waals surface area contributed by atoms with Crippen molar-refractivity contribution in [1.29, 1.82) is 0 Å². The lowest BCUT2D eigenvalue weighted by atomic mass is 10.0. The van der Waals surface area contributed by atoms with E-state index in [1.807, 2.05) is 49.3 Å². The first kappa shape index (κ1) is 29.8. The van der Waals surface area contributed by atoms with Gasteiger partial charge in [-0.15, -0.1) is 0 Å². The van der Waals surface area contributed by atoms with Gasteiger partial charge in [0.2, 0.25) is 5.91 Å². The maximum Gasteiger partial charge on any atom is 0.318 e. The van der Waals surface area contributed by atoms with Gasteiger partial charge in [0.1, 0.15) is 6.04 Å². The predicted octanol–water partition coefficient (Wildman–Crippen LogP) is 2.72. The summed E-state index contributed by atoms with van der Waals surface area (Å²) < 4.78 is 0. The number of carbonyl (C=O) groups excluding carboxylic acids is 3. The van der Waals surface area contributed by atoms with Crippen LogP contribution >= 0.6 is 11.8 Å². The van der Waals surface area contributed by atoms with E-state index in [1.54, 1.807) is 17.0 Å². The highest BCUT2D eigenvalue weighted by Crippen LogP contribution is 2.14. The van der Waals surface area contributed by atoms with Crippen LogP contribution in [0.2, 0.25) is 0 Å². The number of hydrogen-bond acceptors (Lipinski definition) is 7. The van der Waals surface area contributed by atoms with Crippen molar-refractivity contribution >= 4 is 34.5 Å². The number of urea groups is 1. The normalized spacial score (nSPS) is 11.6. The van der Waals surface area contributed by atoms with E-state index in [-0.39, 0.29) is 23.1 Å². The van der Waals surface area contributed by atoms with Crippen molar-refractivity contribution in [2.24, 2.45) is 0 Å². The van der Waals surface area contributed by atoms with Crippen LogP contribution in [0.3, 0.4) is 0 Å². The Hall–Kier alpha value is -3.44. The highest BCUT2D eigenvalue weighted by atomic mass is 32.2. The van der Waals surface area contributed by atoms with Crippen molar-refractivity contribution < 1.29 is 19.3 Å². The molecule has 10 nitrogen and oxygen atoms in total.